The molecule has 98 heavy (non-hydrogen) atoms. The number of aliphatic carboxylic acids is 7. The van der Waals surface area contributed by atoms with E-state index in [1.54, 1.807) is 19.6 Å². The first-order chi connectivity index (χ1) is 46.7. The van der Waals surface area contributed by atoms with E-state index in [0.717, 1.165) is 64.5 Å². The van der Waals surface area contributed by atoms with Crippen LogP contribution in [0.3, 0.4) is 0 Å². The van der Waals surface area contributed by atoms with Crippen molar-refractivity contribution < 1.29 is 108 Å². The van der Waals surface area contributed by atoms with Crippen LogP contribution in [0.1, 0.15) is 181 Å². The Morgan fingerprint density at radius 3 is 0.684 bits per heavy atom. The molecule has 0 radical (unpaired) electrons. The zero-order chi connectivity index (χ0) is 72.3. The van der Waals surface area contributed by atoms with Gasteiger partial charge in [-0.15, -0.1) is 0 Å². The molecule has 7 heterocycles. The van der Waals surface area contributed by atoms with Crippen LogP contribution in [0.4, 0.5) is 0 Å². The number of ether oxygens (including phenoxy) is 1. The highest BCUT2D eigenvalue weighted by Crippen LogP contribution is 2.25. The number of hydrogen-bond donors (Lipinski definition) is 7. The Morgan fingerprint density at radius 1 is 0.286 bits per heavy atom. The fourth-order valence-corrected chi connectivity index (χ4v) is 13.0. The predicted octanol–water partition coefficient (Wildman–Crippen LogP) is 4.25. The van der Waals surface area contributed by atoms with Gasteiger partial charge in [-0.2, -0.15) is 0 Å². The van der Waals surface area contributed by atoms with E-state index in [2.05, 4.69) is 13.8 Å². The molecule has 0 aromatic rings. The molecule has 7 saturated heterocycles. The van der Waals surface area contributed by atoms with E-state index in [1.165, 1.54) is 85.3 Å². The van der Waals surface area contributed by atoms with Gasteiger partial charge in [0.05, 0.1) is 41.4 Å². The first-order valence-corrected chi connectivity index (χ1v) is 35.6. The van der Waals surface area contributed by atoms with E-state index in [4.69, 9.17) is 40.5 Å². The molecule has 0 aromatic carbocycles. The number of nitrogens with zero attached hydrogens (tertiary/aromatic N) is 8. The number of carboxylic acid groups (broad SMARTS) is 7. The highest BCUT2D eigenvalue weighted by molar-refractivity contribution is 5.90. The maximum atomic E-state index is 12.1. The fourth-order valence-electron chi connectivity index (χ4n) is 13.0. The van der Waals surface area contributed by atoms with Gasteiger partial charge in [0.25, 0.3) is 0 Å². The number of likely N-dealkylation sites (tertiary alicyclic amines) is 7. The highest BCUT2D eigenvalue weighted by Gasteiger charge is 2.40. The van der Waals surface area contributed by atoms with Crippen LogP contribution < -0.4 is 0 Å². The van der Waals surface area contributed by atoms with E-state index >= 15 is 0 Å². The van der Waals surface area contributed by atoms with Crippen LogP contribution in [0.15, 0.2) is 0 Å². The number of carbonyl (C=O) groups excluding carboxylic acids is 7. The van der Waals surface area contributed by atoms with Gasteiger partial charge in [0, 0.05) is 169 Å². The number of amides is 7. The van der Waals surface area contributed by atoms with Crippen molar-refractivity contribution in [3.05, 3.63) is 0 Å². The van der Waals surface area contributed by atoms with Gasteiger partial charge in [-0.1, -0.05) is 104 Å². The summed E-state index contributed by atoms with van der Waals surface area (Å²) in [5.74, 6) is -12.0. The summed E-state index contributed by atoms with van der Waals surface area (Å²) in [6, 6.07) is 0. The molecule has 0 spiro atoms. The normalized spacial score (nSPS) is 22.3. The minimum Gasteiger partial charge on any atom is -0.481 e. The lowest BCUT2D eigenvalue weighted by Gasteiger charge is -2.29. The van der Waals surface area contributed by atoms with Gasteiger partial charge < -0.3 is 74.8 Å². The van der Waals surface area contributed by atoms with E-state index in [-0.39, 0.29) is 126 Å². The lowest BCUT2D eigenvalue weighted by atomic mass is 10.1. The summed E-state index contributed by atoms with van der Waals surface area (Å²) in [5.41, 5.74) is 0. The molecule has 7 amide bonds. The first kappa shape index (κ1) is 82.9. The zero-order valence-electron chi connectivity index (χ0n) is 57.7. The summed E-state index contributed by atoms with van der Waals surface area (Å²) in [6.45, 7) is 12.0. The van der Waals surface area contributed by atoms with Crippen molar-refractivity contribution in [2.45, 2.75) is 181 Å². The molecular weight excluding hydrogens is 1280 g/mol. The Hall–Kier alpha value is -7.50. The summed E-state index contributed by atoms with van der Waals surface area (Å²) >= 11 is 0. The van der Waals surface area contributed by atoms with E-state index in [0.29, 0.717) is 72.1 Å². The third kappa shape index (κ3) is 29.9. The molecule has 0 bridgehead atoms. The van der Waals surface area contributed by atoms with Crippen LogP contribution in [-0.4, -0.2) is 283 Å². The third-order valence-corrected chi connectivity index (χ3v) is 19.3. The lowest BCUT2D eigenvalue weighted by molar-refractivity contribution is -0.142. The van der Waals surface area contributed by atoms with Crippen LogP contribution >= 0.6 is 0 Å². The molecule has 0 aromatic heterocycles. The van der Waals surface area contributed by atoms with Crippen molar-refractivity contribution in [2.24, 2.45) is 41.4 Å². The predicted molar refractivity (Wildman–Crippen MR) is 353 cm³/mol. The summed E-state index contributed by atoms with van der Waals surface area (Å²) in [4.78, 5) is 173. The Labute approximate surface area is 574 Å². The number of carbonyl (C=O) groups is 14. The summed E-state index contributed by atoms with van der Waals surface area (Å²) < 4.78 is 5.56. The standard InChI is InChI=1S/C21H30N4O9.C16H24N2O6.C16H29NO4.C15H27NO3/c26-16-7-13(19(29)30)10-23(16)4-1-22(2-5-24-11-14(20(31)32)8-17(24)27)3-6-25-12-15(21(33)34)9-18(25)28;19-13-7-11(15(21)22)9-17(13)5-3-1-2-4-6-18-10-12(16(23)24)8-14(18)20;1-2-3-4-5-6-7-10-21-11-8-9-17-13-14(16(19)20)12-15(17)18;1-2-3-4-5-6-7-8-9-10-16-12-13(15(18)19)11-14(16)17/h13-15H,1-12H2,(H,29,30)(H,31,32)(H,33,34);11-12H,1-10H2,(H,21,22)(H,23,24);14H,2-13H2,1H3,(H,19,20);13H,2-12H2,1H3,(H,18,19). The van der Waals surface area contributed by atoms with Crippen molar-refractivity contribution in [1.82, 2.24) is 39.2 Å². The fraction of sp³-hybridized carbons (Fsp3) is 0.794. The van der Waals surface area contributed by atoms with E-state index in [1.807, 2.05) is 4.90 Å². The molecule has 0 aliphatic carbocycles. The Kier molecular flexibility index (Phi) is 37.7. The van der Waals surface area contributed by atoms with Crippen molar-refractivity contribution in [3.63, 3.8) is 0 Å². The molecule has 30 heteroatoms. The molecule has 554 valence electrons. The molecule has 7 unspecified atom stereocenters. The van der Waals surface area contributed by atoms with Gasteiger partial charge in [-0.3, -0.25) is 72.0 Å². The van der Waals surface area contributed by atoms with Gasteiger partial charge in [0.1, 0.15) is 0 Å². The minimum absolute atomic E-state index is 0.00958. The van der Waals surface area contributed by atoms with Crippen molar-refractivity contribution in [1.29, 1.82) is 0 Å². The van der Waals surface area contributed by atoms with Gasteiger partial charge in [0.2, 0.25) is 41.4 Å². The van der Waals surface area contributed by atoms with E-state index in [9.17, 15) is 67.1 Å². The highest BCUT2D eigenvalue weighted by atomic mass is 16.5. The molecular formula is C68H110N8O22. The third-order valence-electron chi connectivity index (χ3n) is 19.3. The van der Waals surface area contributed by atoms with Crippen molar-refractivity contribution in [3.8, 4) is 0 Å². The number of hydrogen-bond acceptors (Lipinski definition) is 16. The van der Waals surface area contributed by atoms with Gasteiger partial charge in [0.15, 0.2) is 0 Å². The second-order valence-electron chi connectivity index (χ2n) is 27.0. The second kappa shape index (κ2) is 44.5. The van der Waals surface area contributed by atoms with Gasteiger partial charge in [-0.05, 0) is 32.1 Å². The van der Waals surface area contributed by atoms with Gasteiger partial charge >= 0.3 is 41.8 Å². The van der Waals surface area contributed by atoms with Crippen LogP contribution in [-0.2, 0) is 71.9 Å². The monoisotopic (exact) mass is 1390 g/mol. The molecule has 30 nitrogen and oxygen atoms in total. The Morgan fingerprint density at radius 2 is 0.469 bits per heavy atom. The van der Waals surface area contributed by atoms with Crippen LogP contribution in [0.2, 0.25) is 0 Å². The first-order valence-electron chi connectivity index (χ1n) is 35.6. The SMILES string of the molecule is CCCCCCCCCCN1CC(C(=O)O)CC1=O.CCCCCCCCOCCCN1CC(C(=O)O)CC1=O.O=C(O)C1CC(=O)N(CCCCCCN2CC(C(=O)O)CC2=O)C1.O=C(O)C1CC(=O)N(CCN(CCN2CC(C(=O)O)CC2=O)CCN2CC(C(=O)O)CC2=O)C1. The van der Waals surface area contributed by atoms with Crippen LogP contribution in [0.25, 0.3) is 0 Å². The van der Waals surface area contributed by atoms with Crippen molar-refractivity contribution in [2.75, 3.05) is 124 Å². The van der Waals surface area contributed by atoms with Crippen molar-refractivity contribution >= 4 is 83.1 Å². The summed E-state index contributed by atoms with van der Waals surface area (Å²) in [7, 11) is 0. The summed E-state index contributed by atoms with van der Waals surface area (Å²) in [5, 5.41) is 63.1. The molecule has 7 N–H and O–H groups in total. The average Bonchev–Trinajstić information content (AvgIpc) is 1.84. The molecule has 0 saturated carbocycles. The Bertz CT molecular complexity index is 2510. The number of carboxylic acids is 7. The van der Waals surface area contributed by atoms with Gasteiger partial charge in [-0.25, -0.2) is 0 Å². The molecule has 7 rings (SSSR count). The molecule has 7 aliphatic heterocycles. The molecule has 7 fully saturated rings. The minimum atomic E-state index is -1.02. The average molecular weight is 1390 g/mol. The molecule has 7 aliphatic rings. The largest absolute Gasteiger partial charge is 0.481 e. The number of rotatable bonds is 43. The maximum Gasteiger partial charge on any atom is 0.308 e. The van der Waals surface area contributed by atoms with Crippen LogP contribution in [0, 0.1) is 41.4 Å². The van der Waals surface area contributed by atoms with Crippen LogP contribution in [0.5, 0.6) is 0 Å². The number of unbranched alkanes of at least 4 members (excludes halogenated alkanes) is 15. The Balaban J connectivity index is 0.000000286. The quantitative estimate of drug-likeness (QED) is 0.0420. The summed E-state index contributed by atoms with van der Waals surface area (Å²) in [6.07, 6.45) is 22.0. The zero-order valence-corrected chi connectivity index (χ0v) is 57.7. The topological polar surface area (TPSA) is 416 Å². The molecule has 7 atom stereocenters. The van der Waals surface area contributed by atoms with E-state index < -0.39 is 83.2 Å². The second-order valence-corrected chi connectivity index (χ2v) is 27.0. The maximum absolute atomic E-state index is 12.1. The lowest BCUT2D eigenvalue weighted by Crippen LogP contribution is -2.44. The smallest absolute Gasteiger partial charge is 0.308 e.